The van der Waals surface area contributed by atoms with Gasteiger partial charge in [-0.1, -0.05) is 18.2 Å². The number of sulfonamides is 2. The van der Waals surface area contributed by atoms with Crippen molar-refractivity contribution in [2.45, 2.75) is 9.10 Å². The normalized spacial score (nSPS) is 17.5. The topological polar surface area (TPSA) is 84.0 Å². The molecule has 1 saturated heterocycles. The lowest BCUT2D eigenvalue weighted by molar-refractivity contribution is 0.272. The van der Waals surface area contributed by atoms with Gasteiger partial charge in [-0.25, -0.2) is 16.8 Å². The highest BCUT2D eigenvalue weighted by molar-refractivity contribution is 7.91. The summed E-state index contributed by atoms with van der Waals surface area (Å²) >= 11 is 1.15. The van der Waals surface area contributed by atoms with E-state index in [1.54, 1.807) is 35.7 Å². The lowest BCUT2D eigenvalue weighted by Crippen LogP contribution is -2.50. The van der Waals surface area contributed by atoms with Crippen molar-refractivity contribution in [3.8, 4) is 5.75 Å². The molecule has 136 valence electrons. The van der Waals surface area contributed by atoms with Gasteiger partial charge in [-0.3, -0.25) is 0 Å². The Morgan fingerprint density at radius 1 is 0.880 bits per heavy atom. The average Bonchev–Trinajstić information content (AvgIpc) is 3.17. The maximum atomic E-state index is 12.8. The third kappa shape index (κ3) is 3.44. The zero-order chi connectivity index (χ0) is 18.1. The Morgan fingerprint density at radius 2 is 1.48 bits per heavy atom. The Hall–Kier alpha value is -1.46. The zero-order valence-corrected chi connectivity index (χ0v) is 16.0. The summed E-state index contributed by atoms with van der Waals surface area (Å²) in [5, 5.41) is 1.70. The Balaban J connectivity index is 1.78. The van der Waals surface area contributed by atoms with Crippen molar-refractivity contribution in [3.63, 3.8) is 0 Å². The van der Waals surface area contributed by atoms with E-state index in [1.165, 1.54) is 21.8 Å². The molecule has 1 fully saturated rings. The van der Waals surface area contributed by atoms with Gasteiger partial charge in [0.15, 0.2) is 0 Å². The van der Waals surface area contributed by atoms with Gasteiger partial charge in [0, 0.05) is 26.2 Å². The van der Waals surface area contributed by atoms with Crippen LogP contribution in [0.3, 0.4) is 0 Å². The highest BCUT2D eigenvalue weighted by Crippen LogP contribution is 2.28. The summed E-state index contributed by atoms with van der Waals surface area (Å²) in [5.74, 6) is 0.274. The van der Waals surface area contributed by atoms with Crippen LogP contribution in [0.15, 0.2) is 50.9 Å². The van der Waals surface area contributed by atoms with Gasteiger partial charge in [0.25, 0.3) is 10.0 Å². The highest BCUT2D eigenvalue weighted by atomic mass is 32.2. The molecule has 1 aromatic carbocycles. The smallest absolute Gasteiger partial charge is 0.252 e. The molecule has 25 heavy (non-hydrogen) atoms. The van der Waals surface area contributed by atoms with Crippen LogP contribution in [0.5, 0.6) is 5.75 Å². The first kappa shape index (κ1) is 18.3. The molecule has 2 heterocycles. The lowest BCUT2D eigenvalue weighted by Gasteiger charge is -2.33. The van der Waals surface area contributed by atoms with Crippen molar-refractivity contribution in [3.05, 3.63) is 41.8 Å². The Labute approximate surface area is 151 Å². The van der Waals surface area contributed by atoms with Crippen LogP contribution in [0, 0.1) is 0 Å². The number of thiophene rings is 1. The third-order valence-electron chi connectivity index (χ3n) is 3.97. The Kier molecular flexibility index (Phi) is 5.16. The zero-order valence-electron chi connectivity index (χ0n) is 13.5. The van der Waals surface area contributed by atoms with E-state index >= 15 is 0 Å². The fraction of sp³-hybridized carbons (Fsp3) is 0.333. The van der Waals surface area contributed by atoms with Gasteiger partial charge in [-0.05, 0) is 23.6 Å². The molecule has 1 aliphatic heterocycles. The van der Waals surface area contributed by atoms with Crippen LogP contribution in [-0.2, 0) is 20.0 Å². The van der Waals surface area contributed by atoms with Gasteiger partial charge in [0.2, 0.25) is 10.0 Å². The second-order valence-corrected chi connectivity index (χ2v) is 10.4. The Bertz CT molecular complexity index is 931. The Morgan fingerprint density at radius 3 is 2.04 bits per heavy atom. The van der Waals surface area contributed by atoms with Crippen molar-refractivity contribution < 1.29 is 21.6 Å². The molecule has 1 aromatic heterocycles. The molecule has 0 bridgehead atoms. The number of hydrogen-bond donors (Lipinski definition) is 0. The van der Waals surface area contributed by atoms with E-state index in [0.29, 0.717) is 0 Å². The van der Waals surface area contributed by atoms with Crippen LogP contribution in [0.2, 0.25) is 0 Å². The second kappa shape index (κ2) is 7.04. The number of piperazine rings is 1. The maximum absolute atomic E-state index is 12.8. The first-order valence-corrected chi connectivity index (χ1v) is 11.3. The molecular weight excluding hydrogens is 384 g/mol. The average molecular weight is 403 g/mol. The molecule has 0 radical (unpaired) electrons. The van der Waals surface area contributed by atoms with E-state index in [-0.39, 0.29) is 41.0 Å². The number of hydrogen-bond acceptors (Lipinski definition) is 6. The number of nitrogens with zero attached hydrogens (tertiary/aromatic N) is 2. The van der Waals surface area contributed by atoms with Crippen LogP contribution < -0.4 is 4.74 Å². The molecule has 2 aromatic rings. The molecule has 0 atom stereocenters. The molecule has 10 heteroatoms. The quantitative estimate of drug-likeness (QED) is 0.756. The van der Waals surface area contributed by atoms with Crippen LogP contribution >= 0.6 is 11.3 Å². The van der Waals surface area contributed by atoms with Gasteiger partial charge in [-0.15, -0.1) is 11.3 Å². The van der Waals surface area contributed by atoms with E-state index in [1.807, 2.05) is 0 Å². The number of ether oxygens (including phenoxy) is 1. The van der Waals surface area contributed by atoms with Crippen molar-refractivity contribution in [1.29, 1.82) is 0 Å². The molecule has 0 aliphatic carbocycles. The first-order chi connectivity index (χ1) is 11.9. The molecule has 7 nitrogen and oxygen atoms in total. The van der Waals surface area contributed by atoms with Crippen LogP contribution in [0.25, 0.3) is 0 Å². The highest BCUT2D eigenvalue weighted by Gasteiger charge is 2.35. The maximum Gasteiger partial charge on any atom is 0.252 e. The molecule has 3 rings (SSSR count). The monoisotopic (exact) mass is 402 g/mol. The number of para-hydroxylation sites is 1. The molecule has 0 amide bonds. The molecule has 0 spiro atoms. The van der Waals surface area contributed by atoms with Crippen molar-refractivity contribution in [2.75, 3.05) is 33.3 Å². The van der Waals surface area contributed by atoms with E-state index in [0.717, 1.165) is 11.3 Å². The molecule has 0 saturated carbocycles. The standard InChI is InChI=1S/C15H18N2O5S3/c1-22-13-5-2-3-6-14(13)24(18,19)16-8-10-17(11-9-16)25(20,21)15-7-4-12-23-15/h2-7,12H,8-11H2,1H3. The summed E-state index contributed by atoms with van der Waals surface area (Å²) in [7, 11) is -5.88. The number of rotatable bonds is 5. The van der Waals surface area contributed by atoms with E-state index in [2.05, 4.69) is 0 Å². The fourth-order valence-electron chi connectivity index (χ4n) is 2.66. The summed E-state index contributed by atoms with van der Waals surface area (Å²) in [6.07, 6.45) is 0. The van der Waals surface area contributed by atoms with E-state index < -0.39 is 20.0 Å². The summed E-state index contributed by atoms with van der Waals surface area (Å²) in [6, 6.07) is 9.64. The molecular formula is C15H18N2O5S3. The predicted molar refractivity (Wildman–Crippen MR) is 94.8 cm³/mol. The molecule has 0 unspecified atom stereocenters. The minimum Gasteiger partial charge on any atom is -0.495 e. The van der Waals surface area contributed by atoms with Crippen LogP contribution in [0.4, 0.5) is 0 Å². The summed E-state index contributed by atoms with van der Waals surface area (Å²) in [5.41, 5.74) is 0. The number of methoxy groups -OCH3 is 1. The van der Waals surface area contributed by atoms with Crippen molar-refractivity contribution >= 4 is 31.4 Å². The fourth-order valence-corrected chi connectivity index (χ4v) is 6.80. The van der Waals surface area contributed by atoms with Gasteiger partial charge in [0.1, 0.15) is 14.9 Å². The van der Waals surface area contributed by atoms with E-state index in [4.69, 9.17) is 4.74 Å². The van der Waals surface area contributed by atoms with Crippen LogP contribution in [-0.4, -0.2) is 58.7 Å². The van der Waals surface area contributed by atoms with Crippen molar-refractivity contribution in [1.82, 2.24) is 8.61 Å². The van der Waals surface area contributed by atoms with Crippen LogP contribution in [0.1, 0.15) is 0 Å². The van der Waals surface area contributed by atoms with Gasteiger partial charge >= 0.3 is 0 Å². The third-order valence-corrected chi connectivity index (χ3v) is 9.18. The van der Waals surface area contributed by atoms with E-state index in [9.17, 15) is 16.8 Å². The second-order valence-electron chi connectivity index (χ2n) is 5.39. The summed E-state index contributed by atoms with van der Waals surface area (Å²) in [4.78, 5) is 0.0899. The van der Waals surface area contributed by atoms with Gasteiger partial charge in [-0.2, -0.15) is 8.61 Å². The van der Waals surface area contributed by atoms with Gasteiger partial charge in [0.05, 0.1) is 7.11 Å². The number of benzene rings is 1. The summed E-state index contributed by atoms with van der Waals surface area (Å²) in [6.45, 7) is 0.444. The summed E-state index contributed by atoms with van der Waals surface area (Å²) < 4.78 is 58.7. The predicted octanol–water partition coefficient (Wildman–Crippen LogP) is 1.45. The molecule has 1 aliphatic rings. The SMILES string of the molecule is COc1ccccc1S(=O)(=O)N1CCN(S(=O)(=O)c2cccs2)CC1. The molecule has 0 N–H and O–H groups in total. The largest absolute Gasteiger partial charge is 0.495 e. The lowest BCUT2D eigenvalue weighted by atomic mass is 10.3. The van der Waals surface area contributed by atoms with Gasteiger partial charge < -0.3 is 4.74 Å². The minimum absolute atomic E-state index is 0.0899. The minimum atomic E-state index is -3.74. The van der Waals surface area contributed by atoms with Crippen molar-refractivity contribution in [2.24, 2.45) is 0 Å². The first-order valence-electron chi connectivity index (χ1n) is 7.54.